The van der Waals surface area contributed by atoms with E-state index in [1.54, 1.807) is 0 Å². The molecule has 1 aromatic rings. The second kappa shape index (κ2) is 6.35. The van der Waals surface area contributed by atoms with Gasteiger partial charge in [0.15, 0.2) is 0 Å². The molecule has 21 heavy (non-hydrogen) atoms. The van der Waals surface area contributed by atoms with Crippen LogP contribution in [0.5, 0.6) is 0 Å². The van der Waals surface area contributed by atoms with Crippen LogP contribution in [0, 0.1) is 0 Å². The molecule has 116 valence electrons. The summed E-state index contributed by atoms with van der Waals surface area (Å²) in [7, 11) is 2.13. The van der Waals surface area contributed by atoms with Crippen molar-refractivity contribution in [1.29, 1.82) is 0 Å². The first kappa shape index (κ1) is 15.6. The van der Waals surface area contributed by atoms with Crippen molar-refractivity contribution in [2.24, 2.45) is 0 Å². The molecule has 5 nitrogen and oxygen atoms in total. The average molecular weight is 291 g/mol. The van der Waals surface area contributed by atoms with E-state index in [9.17, 15) is 4.79 Å². The Kier molecular flexibility index (Phi) is 4.73. The molecule has 1 fully saturated rings. The van der Waals surface area contributed by atoms with Crippen LogP contribution in [0.25, 0.3) is 0 Å². The van der Waals surface area contributed by atoms with Gasteiger partial charge in [0, 0.05) is 24.0 Å². The van der Waals surface area contributed by atoms with Gasteiger partial charge >= 0.3 is 6.09 Å². The fraction of sp³-hybridized carbons (Fsp3) is 0.562. The highest BCUT2D eigenvalue weighted by Gasteiger charge is 2.19. The van der Waals surface area contributed by atoms with Gasteiger partial charge in [-0.05, 0) is 59.0 Å². The van der Waals surface area contributed by atoms with Crippen LogP contribution in [-0.2, 0) is 4.74 Å². The molecule has 1 aliphatic heterocycles. The van der Waals surface area contributed by atoms with Crippen LogP contribution in [0.15, 0.2) is 24.3 Å². The predicted octanol–water partition coefficient (Wildman–Crippen LogP) is 3.15. The standard InChI is InChI=1S/C16H25N3O2/c1-16(2,3)21-15(20)18-13-7-5-6-12(10-13)17-14-8-9-19(4)11-14/h5-7,10,14,17H,8-9,11H2,1-4H3,(H,18,20). The number of hydrogen-bond donors (Lipinski definition) is 2. The van der Waals surface area contributed by atoms with Gasteiger partial charge in [-0.15, -0.1) is 0 Å². The summed E-state index contributed by atoms with van der Waals surface area (Å²) >= 11 is 0. The smallest absolute Gasteiger partial charge is 0.412 e. The van der Waals surface area contributed by atoms with Crippen molar-refractivity contribution in [2.75, 3.05) is 30.8 Å². The van der Waals surface area contributed by atoms with Gasteiger partial charge in [0.1, 0.15) is 5.60 Å². The zero-order valence-electron chi connectivity index (χ0n) is 13.3. The molecule has 1 aromatic carbocycles. The summed E-state index contributed by atoms with van der Waals surface area (Å²) in [6, 6.07) is 8.19. The summed E-state index contributed by atoms with van der Waals surface area (Å²) in [6.45, 7) is 7.71. The summed E-state index contributed by atoms with van der Waals surface area (Å²) in [6.07, 6.45) is 0.709. The van der Waals surface area contributed by atoms with Crippen LogP contribution in [0.2, 0.25) is 0 Å². The fourth-order valence-electron chi connectivity index (χ4n) is 2.40. The molecule has 1 saturated heterocycles. The summed E-state index contributed by atoms with van der Waals surface area (Å²) in [5.74, 6) is 0. The Balaban J connectivity index is 1.93. The third kappa shape index (κ3) is 5.27. The van der Waals surface area contributed by atoms with Crippen molar-refractivity contribution in [2.45, 2.75) is 38.8 Å². The lowest BCUT2D eigenvalue weighted by Crippen LogP contribution is -2.27. The van der Waals surface area contributed by atoms with E-state index >= 15 is 0 Å². The molecular formula is C16H25N3O2. The van der Waals surface area contributed by atoms with Crippen LogP contribution < -0.4 is 10.6 Å². The molecule has 2 N–H and O–H groups in total. The highest BCUT2D eigenvalue weighted by Crippen LogP contribution is 2.19. The number of nitrogens with one attached hydrogen (secondary N) is 2. The lowest BCUT2D eigenvalue weighted by molar-refractivity contribution is 0.0636. The molecule has 0 saturated carbocycles. The van der Waals surface area contributed by atoms with E-state index in [-0.39, 0.29) is 0 Å². The van der Waals surface area contributed by atoms with Gasteiger partial charge in [-0.1, -0.05) is 6.07 Å². The van der Waals surface area contributed by atoms with Crippen LogP contribution >= 0.6 is 0 Å². The normalized spacial score (nSPS) is 19.3. The number of amides is 1. The van der Waals surface area contributed by atoms with Gasteiger partial charge < -0.3 is 15.0 Å². The highest BCUT2D eigenvalue weighted by atomic mass is 16.6. The minimum atomic E-state index is -0.492. The number of anilines is 2. The Hall–Kier alpha value is -1.75. The Labute approximate surface area is 126 Å². The molecule has 1 amide bonds. The molecule has 2 rings (SSSR count). The highest BCUT2D eigenvalue weighted by molar-refractivity contribution is 5.85. The lowest BCUT2D eigenvalue weighted by atomic mass is 10.2. The Morgan fingerprint density at radius 1 is 1.33 bits per heavy atom. The number of likely N-dealkylation sites (tertiary alicyclic amines) is 1. The van der Waals surface area contributed by atoms with E-state index in [0.29, 0.717) is 6.04 Å². The zero-order chi connectivity index (χ0) is 15.5. The maximum atomic E-state index is 11.8. The van der Waals surface area contributed by atoms with Crippen molar-refractivity contribution >= 4 is 17.5 Å². The number of ether oxygens (including phenoxy) is 1. The van der Waals surface area contributed by atoms with Gasteiger partial charge in [0.05, 0.1) is 0 Å². The zero-order valence-corrected chi connectivity index (χ0v) is 13.3. The topological polar surface area (TPSA) is 53.6 Å². The van der Waals surface area contributed by atoms with Crippen LogP contribution in [0.4, 0.5) is 16.2 Å². The van der Waals surface area contributed by atoms with Crippen LogP contribution in [0.3, 0.4) is 0 Å². The monoisotopic (exact) mass is 291 g/mol. The SMILES string of the molecule is CN1CCC(Nc2cccc(NC(=O)OC(C)(C)C)c2)C1. The number of nitrogens with zero attached hydrogens (tertiary/aromatic N) is 1. The second-order valence-corrected chi connectivity index (χ2v) is 6.60. The quantitative estimate of drug-likeness (QED) is 0.898. The number of benzene rings is 1. The fourth-order valence-corrected chi connectivity index (χ4v) is 2.40. The van der Waals surface area contributed by atoms with Crippen LogP contribution in [0.1, 0.15) is 27.2 Å². The van der Waals surface area contributed by atoms with Gasteiger partial charge in [-0.25, -0.2) is 4.79 Å². The van der Waals surface area contributed by atoms with Crippen molar-refractivity contribution in [1.82, 2.24) is 4.90 Å². The molecule has 0 radical (unpaired) electrons. The van der Waals surface area contributed by atoms with E-state index in [1.165, 1.54) is 0 Å². The summed E-state index contributed by atoms with van der Waals surface area (Å²) in [4.78, 5) is 14.1. The number of hydrogen-bond acceptors (Lipinski definition) is 4. The largest absolute Gasteiger partial charge is 0.444 e. The van der Waals surface area contributed by atoms with Crippen molar-refractivity contribution in [3.8, 4) is 0 Å². The molecule has 1 aliphatic rings. The maximum Gasteiger partial charge on any atom is 0.412 e. The first-order chi connectivity index (χ1) is 9.82. The summed E-state index contributed by atoms with van der Waals surface area (Å²) < 4.78 is 5.25. The number of rotatable bonds is 3. The van der Waals surface area contributed by atoms with E-state index in [2.05, 4.69) is 22.6 Å². The average Bonchev–Trinajstić information content (AvgIpc) is 2.72. The molecule has 1 heterocycles. The third-order valence-corrected chi connectivity index (χ3v) is 3.27. The number of carbonyl (C=O) groups is 1. The van der Waals surface area contributed by atoms with Gasteiger partial charge in [-0.2, -0.15) is 0 Å². The van der Waals surface area contributed by atoms with Crippen LogP contribution in [-0.4, -0.2) is 42.8 Å². The first-order valence-electron chi connectivity index (χ1n) is 7.37. The lowest BCUT2D eigenvalue weighted by Gasteiger charge is -2.20. The van der Waals surface area contributed by atoms with Crippen molar-refractivity contribution < 1.29 is 9.53 Å². The molecule has 1 unspecified atom stereocenters. The predicted molar refractivity (Wildman–Crippen MR) is 85.8 cm³/mol. The molecular weight excluding hydrogens is 266 g/mol. The molecule has 0 spiro atoms. The van der Waals surface area contributed by atoms with Crippen molar-refractivity contribution in [3.05, 3.63) is 24.3 Å². The molecule has 5 heteroatoms. The van der Waals surface area contributed by atoms with E-state index in [0.717, 1.165) is 30.9 Å². The summed E-state index contributed by atoms with van der Waals surface area (Å²) in [5.41, 5.74) is 1.26. The van der Waals surface area contributed by atoms with Crippen molar-refractivity contribution in [3.63, 3.8) is 0 Å². The van der Waals surface area contributed by atoms with Gasteiger partial charge in [0.2, 0.25) is 0 Å². The number of carbonyl (C=O) groups excluding carboxylic acids is 1. The molecule has 0 aromatic heterocycles. The Morgan fingerprint density at radius 2 is 2.05 bits per heavy atom. The first-order valence-corrected chi connectivity index (χ1v) is 7.37. The maximum absolute atomic E-state index is 11.8. The summed E-state index contributed by atoms with van der Waals surface area (Å²) in [5, 5.41) is 6.26. The Morgan fingerprint density at radius 3 is 2.67 bits per heavy atom. The molecule has 0 bridgehead atoms. The minimum Gasteiger partial charge on any atom is -0.444 e. The van der Waals surface area contributed by atoms with E-state index < -0.39 is 11.7 Å². The van der Waals surface area contributed by atoms with E-state index in [4.69, 9.17) is 4.74 Å². The Bertz CT molecular complexity index is 497. The second-order valence-electron chi connectivity index (χ2n) is 6.60. The molecule has 1 atom stereocenters. The molecule has 0 aliphatic carbocycles. The van der Waals surface area contributed by atoms with E-state index in [1.807, 2.05) is 45.0 Å². The van der Waals surface area contributed by atoms with Gasteiger partial charge in [-0.3, -0.25) is 5.32 Å². The van der Waals surface area contributed by atoms with Gasteiger partial charge in [0.25, 0.3) is 0 Å². The number of likely N-dealkylation sites (N-methyl/N-ethyl adjacent to an activating group) is 1. The third-order valence-electron chi connectivity index (χ3n) is 3.27. The minimum absolute atomic E-state index is 0.430.